The minimum Gasteiger partial charge on any atom is -0.379 e. The minimum absolute atomic E-state index is 0.103. The first kappa shape index (κ1) is 30.7. The molecule has 5 heterocycles. The molecule has 2 aromatic carbocycles. The number of benzene rings is 2. The Balaban J connectivity index is 1.49. The molecule has 2 aromatic heterocycles. The molecule has 3 aliphatic heterocycles. The van der Waals surface area contributed by atoms with Crippen LogP contribution in [0.5, 0.6) is 0 Å². The molecule has 0 bridgehead atoms. The summed E-state index contributed by atoms with van der Waals surface area (Å²) in [6, 6.07) is 3.23. The average molecular weight is 658 g/mol. The summed E-state index contributed by atoms with van der Waals surface area (Å²) in [6.45, 7) is 7.68. The molecule has 0 spiro atoms. The number of ether oxygens (including phenoxy) is 1. The lowest BCUT2D eigenvalue weighted by Crippen LogP contribution is -2.49. The largest absolute Gasteiger partial charge is 0.417 e. The van der Waals surface area contributed by atoms with Crippen LogP contribution in [0.1, 0.15) is 11.6 Å². The zero-order valence-corrected chi connectivity index (χ0v) is 25.8. The monoisotopic (exact) mass is 657 g/mol. The van der Waals surface area contributed by atoms with Gasteiger partial charge < -0.3 is 14.5 Å². The molecule has 1 amide bonds. The van der Waals surface area contributed by atoms with E-state index in [0.717, 1.165) is 12.1 Å². The highest BCUT2D eigenvalue weighted by atomic mass is 32.2. The van der Waals surface area contributed by atoms with Crippen LogP contribution in [-0.4, -0.2) is 99.8 Å². The molecule has 2 saturated heterocycles. The van der Waals surface area contributed by atoms with E-state index in [-0.39, 0.29) is 58.3 Å². The molecule has 0 aliphatic carbocycles. The molecule has 15 heteroatoms. The Hall–Kier alpha value is -3.95. The Morgan fingerprint density at radius 2 is 1.85 bits per heavy atom. The molecule has 1 unspecified atom stereocenters. The van der Waals surface area contributed by atoms with Crippen molar-refractivity contribution in [1.29, 1.82) is 0 Å². The van der Waals surface area contributed by atoms with Crippen LogP contribution >= 0.6 is 11.8 Å². The van der Waals surface area contributed by atoms with Crippen LogP contribution in [0.3, 0.4) is 0 Å². The van der Waals surface area contributed by atoms with Crippen molar-refractivity contribution < 1.29 is 27.1 Å². The summed E-state index contributed by atoms with van der Waals surface area (Å²) in [7, 11) is 1.56. The molecule has 7 rings (SSSR count). The Morgan fingerprint density at radius 1 is 1.11 bits per heavy atom. The quantitative estimate of drug-likeness (QED) is 0.236. The first-order chi connectivity index (χ1) is 22.1. The third-order valence-corrected chi connectivity index (χ3v) is 10.2. The van der Waals surface area contributed by atoms with Crippen LogP contribution in [-0.2, 0) is 22.8 Å². The first-order valence-electron chi connectivity index (χ1n) is 15.0. The Morgan fingerprint density at radius 3 is 2.54 bits per heavy atom. The van der Waals surface area contributed by atoms with Crippen molar-refractivity contribution in [2.45, 2.75) is 17.1 Å². The number of carbonyl (C=O) groups excluding carboxylic acids is 1. The summed E-state index contributed by atoms with van der Waals surface area (Å²) in [6.07, 6.45) is -2.27. The van der Waals surface area contributed by atoms with E-state index in [1.807, 2.05) is 0 Å². The number of hydrogen-bond acceptors (Lipinski definition) is 8. The SMILES string of the molecule is C=CC(=O)N1CCN(c2nc(=O)n3c4c(c(-c5ccc(F)c6cnn(C)c56)c(C(F)(F)F)cc24)SCC3CN2CCOCC2)CC1. The molecule has 1 atom stereocenters. The van der Waals surface area contributed by atoms with Gasteiger partial charge in [0, 0.05) is 80.0 Å². The summed E-state index contributed by atoms with van der Waals surface area (Å²) < 4.78 is 68.7. The van der Waals surface area contributed by atoms with Crippen LogP contribution in [0.15, 0.2) is 46.7 Å². The predicted molar refractivity (Wildman–Crippen MR) is 167 cm³/mol. The van der Waals surface area contributed by atoms with Crippen molar-refractivity contribution in [3.8, 4) is 11.1 Å². The summed E-state index contributed by atoms with van der Waals surface area (Å²) in [4.78, 5) is 36.5. The van der Waals surface area contributed by atoms with Gasteiger partial charge in [0.25, 0.3) is 0 Å². The number of rotatable bonds is 5. The molecule has 46 heavy (non-hydrogen) atoms. The molecule has 2 fully saturated rings. The van der Waals surface area contributed by atoms with Gasteiger partial charge in [0.05, 0.1) is 47.4 Å². The topological polar surface area (TPSA) is 88.7 Å². The van der Waals surface area contributed by atoms with Gasteiger partial charge in [-0.15, -0.1) is 11.8 Å². The summed E-state index contributed by atoms with van der Waals surface area (Å²) in [5, 5.41) is 4.45. The standard InChI is InChI=1S/C31H31F4N7O3S/c1-3-24(43)40-6-8-41(9-7-40)29-20-14-22(31(33,34)35)25(19-4-5-23(32)21-15-36-38(2)26(19)21)28-27(20)42(30(44)37-29)18(17-46-28)16-39-10-12-45-13-11-39/h3-5,14-15,18H,1,6-13,16-17H2,2H3. The van der Waals surface area contributed by atoms with Gasteiger partial charge in [-0.05, 0) is 24.3 Å². The fraction of sp³-hybridized carbons (Fsp3) is 0.419. The van der Waals surface area contributed by atoms with Crippen LogP contribution in [0.2, 0.25) is 0 Å². The number of aromatic nitrogens is 4. The lowest BCUT2D eigenvalue weighted by atomic mass is 9.94. The number of fused-ring (bicyclic) bond motifs is 1. The number of piperazine rings is 1. The second-order valence-corrected chi connectivity index (χ2v) is 12.7. The number of halogens is 4. The van der Waals surface area contributed by atoms with Crippen molar-refractivity contribution in [2.24, 2.45) is 7.05 Å². The second-order valence-electron chi connectivity index (χ2n) is 11.6. The van der Waals surface area contributed by atoms with E-state index in [0.29, 0.717) is 62.1 Å². The van der Waals surface area contributed by atoms with E-state index < -0.39 is 23.2 Å². The third-order valence-electron chi connectivity index (χ3n) is 8.99. The average Bonchev–Trinajstić information content (AvgIpc) is 3.45. The number of thioether (sulfide) groups is 1. The van der Waals surface area contributed by atoms with Crippen molar-refractivity contribution in [3.63, 3.8) is 0 Å². The van der Waals surface area contributed by atoms with E-state index >= 15 is 13.2 Å². The van der Waals surface area contributed by atoms with E-state index in [4.69, 9.17) is 4.74 Å². The maximum atomic E-state index is 15.1. The summed E-state index contributed by atoms with van der Waals surface area (Å²) in [5.74, 6) is -0.341. The molecule has 10 nitrogen and oxygen atoms in total. The minimum atomic E-state index is -4.79. The smallest absolute Gasteiger partial charge is 0.379 e. The highest BCUT2D eigenvalue weighted by Crippen LogP contribution is 2.51. The van der Waals surface area contributed by atoms with Crippen LogP contribution < -0.4 is 10.6 Å². The number of morpholine rings is 1. The molecule has 0 radical (unpaired) electrons. The van der Waals surface area contributed by atoms with Gasteiger partial charge in [-0.25, -0.2) is 9.18 Å². The second kappa shape index (κ2) is 11.7. The first-order valence-corrected chi connectivity index (χ1v) is 16.0. The normalized spacial score (nSPS) is 19.3. The molecule has 0 saturated carbocycles. The number of alkyl halides is 3. The predicted octanol–water partition coefficient (Wildman–Crippen LogP) is 3.92. The van der Waals surface area contributed by atoms with Gasteiger partial charge in [-0.2, -0.15) is 23.3 Å². The van der Waals surface area contributed by atoms with E-state index in [1.54, 1.807) is 21.4 Å². The fourth-order valence-corrected chi connectivity index (χ4v) is 8.09. The molecule has 242 valence electrons. The van der Waals surface area contributed by atoms with Crippen LogP contribution in [0, 0.1) is 5.82 Å². The molecular formula is C31H31F4N7O3S. The maximum absolute atomic E-state index is 15.1. The van der Waals surface area contributed by atoms with Gasteiger partial charge in [0.2, 0.25) is 5.91 Å². The van der Waals surface area contributed by atoms with Gasteiger partial charge in [0.1, 0.15) is 11.6 Å². The Bertz CT molecular complexity index is 1930. The lowest BCUT2D eigenvalue weighted by molar-refractivity contribution is -0.137. The number of nitrogens with zero attached hydrogens (tertiary/aromatic N) is 7. The highest BCUT2D eigenvalue weighted by Gasteiger charge is 2.40. The highest BCUT2D eigenvalue weighted by molar-refractivity contribution is 7.99. The molecule has 3 aliphatic rings. The van der Waals surface area contributed by atoms with Crippen LogP contribution in [0.25, 0.3) is 32.9 Å². The van der Waals surface area contributed by atoms with Crippen molar-refractivity contribution in [1.82, 2.24) is 29.1 Å². The lowest BCUT2D eigenvalue weighted by Gasteiger charge is -2.38. The number of aryl methyl sites for hydroxylation is 1. The van der Waals surface area contributed by atoms with Gasteiger partial charge in [-0.1, -0.05) is 6.58 Å². The van der Waals surface area contributed by atoms with E-state index in [9.17, 15) is 14.0 Å². The number of carbonyl (C=O) groups is 1. The maximum Gasteiger partial charge on any atom is 0.417 e. The van der Waals surface area contributed by atoms with Crippen molar-refractivity contribution in [3.05, 3.63) is 58.9 Å². The number of amides is 1. The Labute approximate surface area is 265 Å². The fourth-order valence-electron chi connectivity index (χ4n) is 6.77. The third kappa shape index (κ3) is 5.14. The van der Waals surface area contributed by atoms with Crippen LogP contribution in [0.4, 0.5) is 23.4 Å². The molecular weight excluding hydrogens is 626 g/mol. The summed E-state index contributed by atoms with van der Waals surface area (Å²) in [5.41, 5.74) is -0.803. The van der Waals surface area contributed by atoms with E-state index in [2.05, 4.69) is 21.6 Å². The van der Waals surface area contributed by atoms with Gasteiger partial charge in [0.15, 0.2) is 0 Å². The Kier molecular flexibility index (Phi) is 7.80. The van der Waals surface area contributed by atoms with Gasteiger partial charge in [-0.3, -0.25) is 18.9 Å². The zero-order valence-electron chi connectivity index (χ0n) is 25.0. The van der Waals surface area contributed by atoms with E-state index in [1.165, 1.54) is 34.8 Å². The number of anilines is 1. The zero-order chi connectivity index (χ0) is 32.3. The molecule has 4 aromatic rings. The van der Waals surface area contributed by atoms with Gasteiger partial charge >= 0.3 is 11.9 Å². The summed E-state index contributed by atoms with van der Waals surface area (Å²) >= 11 is 1.27. The van der Waals surface area contributed by atoms with Crippen molar-refractivity contribution >= 4 is 45.3 Å². The molecule has 0 N–H and O–H groups in total. The van der Waals surface area contributed by atoms with Crippen molar-refractivity contribution in [2.75, 3.05) is 69.7 Å². The number of hydrogen-bond donors (Lipinski definition) is 0.